The number of amides is 1. The molecule has 0 unspecified atom stereocenters. The van der Waals surface area contributed by atoms with E-state index in [0.29, 0.717) is 13.0 Å². The fourth-order valence-corrected chi connectivity index (χ4v) is 3.00. The minimum absolute atomic E-state index is 0.0300. The van der Waals surface area contributed by atoms with Crippen LogP contribution < -0.4 is 10.6 Å². The molecule has 1 heterocycles. The van der Waals surface area contributed by atoms with Crippen molar-refractivity contribution in [3.05, 3.63) is 71.8 Å². The second kappa shape index (κ2) is 8.62. The normalized spacial score (nSPS) is 18.8. The second-order valence-corrected chi connectivity index (χ2v) is 6.12. The lowest BCUT2D eigenvalue weighted by Gasteiger charge is -2.25. The summed E-state index contributed by atoms with van der Waals surface area (Å²) in [5, 5.41) is 6.44. The Morgan fingerprint density at radius 2 is 1.83 bits per heavy atom. The van der Waals surface area contributed by atoms with Gasteiger partial charge < -0.3 is 15.4 Å². The summed E-state index contributed by atoms with van der Waals surface area (Å²) in [6.45, 7) is 2.27. The lowest BCUT2D eigenvalue weighted by Crippen LogP contribution is -2.42. The van der Waals surface area contributed by atoms with E-state index in [9.17, 15) is 4.79 Å². The second-order valence-electron chi connectivity index (χ2n) is 6.12. The number of carbonyl (C=O) groups is 1. The third kappa shape index (κ3) is 4.91. The average Bonchev–Trinajstić information content (AvgIpc) is 2.63. The SMILES string of the molecule is O=C(C[C@@H]1CNCCO1)N[C@@H](Cc1ccccc1)c1ccccc1. The first kappa shape index (κ1) is 16.7. The third-order valence-corrected chi connectivity index (χ3v) is 4.24. The molecule has 3 rings (SSSR count). The van der Waals surface area contributed by atoms with Gasteiger partial charge in [0.1, 0.15) is 0 Å². The molecule has 2 aromatic rings. The number of hydrogen-bond acceptors (Lipinski definition) is 3. The quantitative estimate of drug-likeness (QED) is 0.858. The summed E-state index contributed by atoms with van der Waals surface area (Å²) in [6, 6.07) is 20.4. The van der Waals surface area contributed by atoms with Gasteiger partial charge >= 0.3 is 0 Å². The first-order valence-corrected chi connectivity index (χ1v) is 8.52. The van der Waals surface area contributed by atoms with Gasteiger partial charge in [0.25, 0.3) is 0 Å². The van der Waals surface area contributed by atoms with Crippen molar-refractivity contribution in [1.29, 1.82) is 0 Å². The van der Waals surface area contributed by atoms with Crippen LogP contribution in [0.15, 0.2) is 60.7 Å². The number of nitrogens with one attached hydrogen (secondary N) is 2. The Bertz CT molecular complexity index is 625. The van der Waals surface area contributed by atoms with E-state index in [1.165, 1.54) is 5.56 Å². The molecule has 0 saturated carbocycles. The highest BCUT2D eigenvalue weighted by Crippen LogP contribution is 2.19. The highest BCUT2D eigenvalue weighted by molar-refractivity contribution is 5.77. The van der Waals surface area contributed by atoms with Gasteiger partial charge in [-0.1, -0.05) is 60.7 Å². The standard InChI is InChI=1S/C20H24N2O2/c23-20(14-18-15-21-11-12-24-18)22-19(17-9-5-2-6-10-17)13-16-7-3-1-4-8-16/h1-10,18-19,21H,11-15H2,(H,22,23)/t18-,19+/m1/s1. The van der Waals surface area contributed by atoms with Crippen LogP contribution in [0.1, 0.15) is 23.6 Å². The summed E-state index contributed by atoms with van der Waals surface area (Å²) < 4.78 is 5.63. The highest BCUT2D eigenvalue weighted by atomic mass is 16.5. The van der Waals surface area contributed by atoms with E-state index in [-0.39, 0.29) is 18.1 Å². The van der Waals surface area contributed by atoms with E-state index in [1.54, 1.807) is 0 Å². The van der Waals surface area contributed by atoms with Crippen molar-refractivity contribution >= 4 is 5.91 Å². The number of carbonyl (C=O) groups excluding carboxylic acids is 1. The molecular formula is C20H24N2O2. The Morgan fingerprint density at radius 1 is 1.12 bits per heavy atom. The lowest BCUT2D eigenvalue weighted by molar-refractivity contribution is -0.125. The predicted octanol–water partition coefficient (Wildman–Crippen LogP) is 2.47. The zero-order chi connectivity index (χ0) is 16.6. The van der Waals surface area contributed by atoms with Crippen molar-refractivity contribution in [2.45, 2.75) is 25.0 Å². The van der Waals surface area contributed by atoms with Gasteiger partial charge in [0, 0.05) is 13.1 Å². The van der Waals surface area contributed by atoms with Crippen LogP contribution in [0.4, 0.5) is 0 Å². The minimum Gasteiger partial charge on any atom is -0.375 e. The zero-order valence-electron chi connectivity index (χ0n) is 13.8. The molecule has 4 heteroatoms. The Morgan fingerprint density at radius 3 is 2.50 bits per heavy atom. The van der Waals surface area contributed by atoms with Gasteiger partial charge in [-0.25, -0.2) is 0 Å². The fraction of sp³-hybridized carbons (Fsp3) is 0.350. The van der Waals surface area contributed by atoms with Gasteiger partial charge in [0.05, 0.1) is 25.2 Å². The summed E-state index contributed by atoms with van der Waals surface area (Å²) in [5.74, 6) is 0.0356. The summed E-state index contributed by atoms with van der Waals surface area (Å²) in [6.07, 6.45) is 1.14. The molecule has 4 nitrogen and oxygen atoms in total. The monoisotopic (exact) mass is 324 g/mol. The van der Waals surface area contributed by atoms with Gasteiger partial charge in [-0.05, 0) is 17.5 Å². The van der Waals surface area contributed by atoms with Crippen LogP contribution in [-0.2, 0) is 16.0 Å². The number of rotatable bonds is 6. The fourth-order valence-electron chi connectivity index (χ4n) is 3.00. The summed E-state index contributed by atoms with van der Waals surface area (Å²) in [5.41, 5.74) is 2.33. The van der Waals surface area contributed by atoms with E-state index in [4.69, 9.17) is 4.74 Å². The number of benzene rings is 2. The molecule has 0 aliphatic carbocycles. The Kier molecular flexibility index (Phi) is 5.99. The van der Waals surface area contributed by atoms with E-state index < -0.39 is 0 Å². The molecule has 1 aliphatic heterocycles. The Labute approximate surface area is 143 Å². The smallest absolute Gasteiger partial charge is 0.223 e. The van der Waals surface area contributed by atoms with Crippen molar-refractivity contribution in [2.24, 2.45) is 0 Å². The molecule has 1 saturated heterocycles. The van der Waals surface area contributed by atoms with Gasteiger partial charge in [-0.2, -0.15) is 0 Å². The first-order chi connectivity index (χ1) is 11.8. The van der Waals surface area contributed by atoms with Crippen LogP contribution in [0.2, 0.25) is 0 Å². The maximum atomic E-state index is 12.5. The van der Waals surface area contributed by atoms with E-state index >= 15 is 0 Å². The van der Waals surface area contributed by atoms with E-state index in [1.807, 2.05) is 36.4 Å². The topological polar surface area (TPSA) is 50.4 Å². The first-order valence-electron chi connectivity index (χ1n) is 8.52. The molecule has 2 aromatic carbocycles. The molecule has 0 radical (unpaired) electrons. The molecule has 2 atom stereocenters. The molecule has 0 bridgehead atoms. The molecule has 126 valence electrons. The van der Waals surface area contributed by atoms with Crippen molar-refractivity contribution in [3.63, 3.8) is 0 Å². The number of hydrogen-bond donors (Lipinski definition) is 2. The molecule has 1 amide bonds. The van der Waals surface area contributed by atoms with Gasteiger partial charge in [-0.15, -0.1) is 0 Å². The van der Waals surface area contributed by atoms with Crippen LogP contribution in [0.3, 0.4) is 0 Å². The van der Waals surface area contributed by atoms with Crippen molar-refractivity contribution in [1.82, 2.24) is 10.6 Å². The van der Waals surface area contributed by atoms with Gasteiger partial charge in [-0.3, -0.25) is 4.79 Å². The molecule has 0 spiro atoms. The molecular weight excluding hydrogens is 300 g/mol. The maximum Gasteiger partial charge on any atom is 0.223 e. The molecule has 2 N–H and O–H groups in total. The minimum atomic E-state index is -0.0353. The van der Waals surface area contributed by atoms with E-state index in [0.717, 1.165) is 25.1 Å². The predicted molar refractivity (Wildman–Crippen MR) is 94.7 cm³/mol. The van der Waals surface area contributed by atoms with Gasteiger partial charge in [0.2, 0.25) is 5.91 Å². The van der Waals surface area contributed by atoms with Crippen LogP contribution >= 0.6 is 0 Å². The third-order valence-electron chi connectivity index (χ3n) is 4.24. The molecule has 1 aliphatic rings. The average molecular weight is 324 g/mol. The number of morpholine rings is 1. The van der Waals surface area contributed by atoms with Gasteiger partial charge in [0.15, 0.2) is 0 Å². The molecule has 0 aromatic heterocycles. The molecule has 24 heavy (non-hydrogen) atoms. The maximum absolute atomic E-state index is 12.5. The zero-order valence-corrected chi connectivity index (χ0v) is 13.8. The Hall–Kier alpha value is -2.17. The van der Waals surface area contributed by atoms with Crippen LogP contribution in [0.25, 0.3) is 0 Å². The highest BCUT2D eigenvalue weighted by Gasteiger charge is 2.20. The summed E-state index contributed by atoms with van der Waals surface area (Å²) >= 11 is 0. The number of ether oxygens (including phenoxy) is 1. The van der Waals surface area contributed by atoms with Crippen LogP contribution in [-0.4, -0.2) is 31.7 Å². The largest absolute Gasteiger partial charge is 0.375 e. The Balaban J connectivity index is 1.66. The van der Waals surface area contributed by atoms with Crippen molar-refractivity contribution < 1.29 is 9.53 Å². The van der Waals surface area contributed by atoms with Crippen molar-refractivity contribution in [2.75, 3.05) is 19.7 Å². The van der Waals surface area contributed by atoms with E-state index in [2.05, 4.69) is 34.9 Å². The molecule has 1 fully saturated rings. The lowest BCUT2D eigenvalue weighted by atomic mass is 9.98. The van der Waals surface area contributed by atoms with Crippen LogP contribution in [0, 0.1) is 0 Å². The van der Waals surface area contributed by atoms with Crippen molar-refractivity contribution in [3.8, 4) is 0 Å². The summed E-state index contributed by atoms with van der Waals surface area (Å²) in [4.78, 5) is 12.5. The van der Waals surface area contributed by atoms with Crippen LogP contribution in [0.5, 0.6) is 0 Å². The summed E-state index contributed by atoms with van der Waals surface area (Å²) in [7, 11) is 0.